The van der Waals surface area contributed by atoms with E-state index in [1.165, 1.54) is 0 Å². The van der Waals surface area contributed by atoms with Crippen molar-refractivity contribution < 1.29 is 9.47 Å². The molecule has 0 atom stereocenters. The Morgan fingerprint density at radius 2 is 1.55 bits per heavy atom. The molecule has 0 radical (unpaired) electrons. The lowest BCUT2D eigenvalue weighted by Crippen LogP contribution is -2.40. The Kier molecular flexibility index (Phi) is 7.15. The highest BCUT2D eigenvalue weighted by Crippen LogP contribution is 2.25. The van der Waals surface area contributed by atoms with E-state index in [1.54, 1.807) is 6.21 Å². The van der Waals surface area contributed by atoms with Crippen molar-refractivity contribution in [3.8, 4) is 0 Å². The fourth-order valence-corrected chi connectivity index (χ4v) is 4.10. The van der Waals surface area contributed by atoms with Crippen molar-refractivity contribution in [1.29, 1.82) is 0 Å². The number of hydrogen-bond acceptors (Lipinski definition) is 10. The largest absolute Gasteiger partial charge is 0.378 e. The summed E-state index contributed by atoms with van der Waals surface area (Å²) in [6.07, 6.45) is 1.75. The van der Waals surface area contributed by atoms with E-state index in [4.69, 9.17) is 14.5 Å². The Labute approximate surface area is 190 Å². The van der Waals surface area contributed by atoms with E-state index < -0.39 is 0 Å². The number of rotatable bonds is 6. The van der Waals surface area contributed by atoms with Crippen LogP contribution in [-0.2, 0) is 9.47 Å². The number of anilines is 4. The van der Waals surface area contributed by atoms with E-state index in [-0.39, 0.29) is 0 Å². The third-order valence-corrected chi connectivity index (χ3v) is 5.67. The van der Waals surface area contributed by atoms with Gasteiger partial charge in [0, 0.05) is 44.7 Å². The first-order chi connectivity index (χ1) is 15.1. The van der Waals surface area contributed by atoms with Gasteiger partial charge in [0.25, 0.3) is 0 Å². The third-order valence-electron chi connectivity index (χ3n) is 5.03. The number of nitrogens with zero attached hydrogens (tertiary/aromatic N) is 7. The van der Waals surface area contributed by atoms with Gasteiger partial charge in [-0.25, -0.2) is 5.43 Å². The molecule has 0 aliphatic carbocycles. The second-order valence-electron chi connectivity index (χ2n) is 7.43. The van der Waals surface area contributed by atoms with Gasteiger partial charge in [-0.3, -0.25) is 0 Å². The summed E-state index contributed by atoms with van der Waals surface area (Å²) in [5.74, 6) is 1.68. The first-order valence-electron chi connectivity index (χ1n) is 10.3. The molecule has 3 heterocycles. The van der Waals surface area contributed by atoms with Gasteiger partial charge in [0.2, 0.25) is 17.8 Å². The average molecular weight is 491 g/mol. The maximum atomic E-state index is 5.46. The van der Waals surface area contributed by atoms with Gasteiger partial charge >= 0.3 is 0 Å². The van der Waals surface area contributed by atoms with Crippen molar-refractivity contribution in [2.75, 3.05) is 86.8 Å². The molecule has 31 heavy (non-hydrogen) atoms. The zero-order chi connectivity index (χ0) is 21.6. The van der Waals surface area contributed by atoms with Crippen LogP contribution in [0.15, 0.2) is 27.8 Å². The minimum absolute atomic E-state index is 0.415. The smallest absolute Gasteiger partial charge is 0.250 e. The highest BCUT2D eigenvalue weighted by Gasteiger charge is 2.20. The molecule has 4 rings (SSSR count). The van der Waals surface area contributed by atoms with E-state index >= 15 is 0 Å². The van der Waals surface area contributed by atoms with Crippen LogP contribution in [0.1, 0.15) is 5.56 Å². The standard InChI is InChI=1S/C20H27BrN8O2/c1-27(2)17-4-3-15(13-16(17)21)14-22-26-18-23-19(28-5-9-30-10-6-28)25-20(24-18)29-7-11-31-12-8-29/h3-4,13-14H,5-12H2,1-2H3,(H,23,24,25,26)/b22-14-. The Hall–Kier alpha value is -2.50. The van der Waals surface area contributed by atoms with Crippen LogP contribution in [0.5, 0.6) is 0 Å². The molecule has 2 fully saturated rings. The van der Waals surface area contributed by atoms with E-state index in [2.05, 4.69) is 46.2 Å². The summed E-state index contributed by atoms with van der Waals surface area (Å²) in [7, 11) is 4.02. The van der Waals surface area contributed by atoms with Crippen LogP contribution in [0.3, 0.4) is 0 Å². The molecule has 0 amide bonds. The van der Waals surface area contributed by atoms with Crippen LogP contribution in [0.4, 0.5) is 23.5 Å². The fraction of sp³-hybridized carbons (Fsp3) is 0.500. The number of aromatic nitrogens is 3. The van der Waals surface area contributed by atoms with Gasteiger partial charge < -0.3 is 24.2 Å². The van der Waals surface area contributed by atoms with Crippen LogP contribution in [0.25, 0.3) is 0 Å². The summed E-state index contributed by atoms with van der Waals surface area (Å²) in [6.45, 7) is 5.66. The fourth-order valence-electron chi connectivity index (χ4n) is 3.34. The van der Waals surface area contributed by atoms with Crippen molar-refractivity contribution in [1.82, 2.24) is 15.0 Å². The quantitative estimate of drug-likeness (QED) is 0.480. The zero-order valence-electron chi connectivity index (χ0n) is 17.8. The van der Waals surface area contributed by atoms with Crippen molar-refractivity contribution in [3.63, 3.8) is 0 Å². The van der Waals surface area contributed by atoms with Gasteiger partial charge in [-0.05, 0) is 33.6 Å². The summed E-state index contributed by atoms with van der Waals surface area (Å²) < 4.78 is 11.9. The maximum absolute atomic E-state index is 5.46. The number of morpholine rings is 2. The van der Waals surface area contributed by atoms with Crippen molar-refractivity contribution in [2.24, 2.45) is 5.10 Å². The van der Waals surface area contributed by atoms with Crippen LogP contribution in [0, 0.1) is 0 Å². The Morgan fingerprint density at radius 3 is 2.06 bits per heavy atom. The molecule has 1 N–H and O–H groups in total. The van der Waals surface area contributed by atoms with Crippen LogP contribution < -0.4 is 20.1 Å². The molecule has 166 valence electrons. The van der Waals surface area contributed by atoms with Gasteiger partial charge in [-0.2, -0.15) is 20.1 Å². The normalized spacial score (nSPS) is 17.3. The molecule has 2 saturated heterocycles. The maximum Gasteiger partial charge on any atom is 0.250 e. The van der Waals surface area contributed by atoms with Crippen LogP contribution in [0.2, 0.25) is 0 Å². The SMILES string of the molecule is CN(C)c1ccc(/C=N\Nc2nc(N3CCOCC3)nc(N3CCOCC3)n2)cc1Br. The monoisotopic (exact) mass is 490 g/mol. The molecule has 11 heteroatoms. The van der Waals surface area contributed by atoms with E-state index in [0.29, 0.717) is 44.3 Å². The summed E-state index contributed by atoms with van der Waals surface area (Å²) in [4.78, 5) is 20.1. The van der Waals surface area contributed by atoms with E-state index in [0.717, 1.165) is 41.9 Å². The molecular weight excluding hydrogens is 464 g/mol. The molecule has 10 nitrogen and oxygen atoms in total. The second-order valence-corrected chi connectivity index (χ2v) is 8.29. The molecule has 0 unspecified atom stereocenters. The Bertz CT molecular complexity index is 878. The average Bonchev–Trinajstić information content (AvgIpc) is 2.80. The molecule has 1 aromatic carbocycles. The Morgan fingerprint density at radius 1 is 0.968 bits per heavy atom. The van der Waals surface area contributed by atoms with E-state index in [1.807, 2.05) is 37.2 Å². The molecule has 0 saturated carbocycles. The van der Waals surface area contributed by atoms with E-state index in [9.17, 15) is 0 Å². The molecular formula is C20H27BrN8O2. The summed E-state index contributed by atoms with van der Waals surface area (Å²) in [5, 5.41) is 4.35. The predicted molar refractivity (Wildman–Crippen MR) is 126 cm³/mol. The number of benzene rings is 1. The first-order valence-corrected chi connectivity index (χ1v) is 11.1. The van der Waals surface area contributed by atoms with Crippen molar-refractivity contribution in [3.05, 3.63) is 28.2 Å². The third kappa shape index (κ3) is 5.60. The van der Waals surface area contributed by atoms with Gasteiger partial charge in [0.05, 0.1) is 38.3 Å². The molecule has 2 aromatic rings. The zero-order valence-corrected chi connectivity index (χ0v) is 19.4. The molecule has 1 aromatic heterocycles. The van der Waals surface area contributed by atoms with Crippen molar-refractivity contribution in [2.45, 2.75) is 0 Å². The number of hydrazone groups is 1. The molecule has 2 aliphatic rings. The predicted octanol–water partition coefficient (Wildman–Crippen LogP) is 1.82. The highest BCUT2D eigenvalue weighted by atomic mass is 79.9. The number of halogens is 1. The summed E-state index contributed by atoms with van der Waals surface area (Å²) in [6, 6.07) is 6.07. The minimum atomic E-state index is 0.415. The Balaban J connectivity index is 1.53. The lowest BCUT2D eigenvalue weighted by Gasteiger charge is -2.30. The van der Waals surface area contributed by atoms with Gasteiger partial charge in [0.15, 0.2) is 0 Å². The lowest BCUT2D eigenvalue weighted by atomic mass is 10.2. The van der Waals surface area contributed by atoms with Crippen molar-refractivity contribution >= 4 is 45.7 Å². The van der Waals surface area contributed by atoms with Gasteiger partial charge in [-0.15, -0.1) is 0 Å². The highest BCUT2D eigenvalue weighted by molar-refractivity contribution is 9.10. The van der Waals surface area contributed by atoms with Gasteiger partial charge in [0.1, 0.15) is 0 Å². The lowest BCUT2D eigenvalue weighted by molar-refractivity contribution is 0.121. The molecule has 0 spiro atoms. The summed E-state index contributed by atoms with van der Waals surface area (Å²) in [5.41, 5.74) is 5.04. The van der Waals surface area contributed by atoms with Crippen LogP contribution in [-0.4, -0.2) is 87.9 Å². The minimum Gasteiger partial charge on any atom is -0.378 e. The molecule has 0 bridgehead atoms. The second kappa shape index (κ2) is 10.2. The first kappa shape index (κ1) is 21.7. The molecule has 2 aliphatic heterocycles. The number of hydrogen-bond donors (Lipinski definition) is 1. The summed E-state index contributed by atoms with van der Waals surface area (Å²) >= 11 is 3.60. The number of nitrogens with one attached hydrogen (secondary N) is 1. The van der Waals surface area contributed by atoms with Crippen LogP contribution >= 0.6 is 15.9 Å². The van der Waals surface area contributed by atoms with Gasteiger partial charge in [-0.1, -0.05) is 6.07 Å². The topological polar surface area (TPSA) is 91.2 Å². The number of ether oxygens (including phenoxy) is 2.